The van der Waals surface area contributed by atoms with Crippen LogP contribution in [0.1, 0.15) is 51.9 Å². The Hall–Kier alpha value is -2.39. The Kier molecular flexibility index (Phi) is 7.05. The van der Waals surface area contributed by atoms with Crippen LogP contribution in [0.5, 0.6) is 5.75 Å². The number of rotatable bonds is 7. The lowest BCUT2D eigenvalue weighted by molar-refractivity contribution is 0.104. The average molecular weight is 378 g/mol. The number of likely N-dealkylation sites (tertiary alicyclic amines) is 1. The summed E-state index contributed by atoms with van der Waals surface area (Å²) in [6.07, 6.45) is 7.50. The van der Waals surface area contributed by atoms with E-state index in [0.29, 0.717) is 12.2 Å². The molecule has 3 nitrogen and oxygen atoms in total. The molecule has 1 fully saturated rings. The van der Waals surface area contributed by atoms with Crippen molar-refractivity contribution in [1.29, 1.82) is 0 Å². The Morgan fingerprint density at radius 2 is 1.68 bits per heavy atom. The second kappa shape index (κ2) is 9.70. The number of aryl methyl sites for hydroxylation is 3. The van der Waals surface area contributed by atoms with Crippen LogP contribution in [0.2, 0.25) is 0 Å². The van der Waals surface area contributed by atoms with Crippen LogP contribution in [0.4, 0.5) is 0 Å². The highest BCUT2D eigenvalue weighted by Crippen LogP contribution is 2.25. The van der Waals surface area contributed by atoms with Crippen LogP contribution in [0, 0.1) is 20.8 Å². The summed E-state index contributed by atoms with van der Waals surface area (Å²) in [6, 6.07) is 11.9. The summed E-state index contributed by atoms with van der Waals surface area (Å²) in [6.45, 7) is 10.1. The van der Waals surface area contributed by atoms with Gasteiger partial charge in [0.25, 0.3) is 0 Å². The molecular formula is C25H31NO2. The molecule has 0 unspecified atom stereocenters. The highest BCUT2D eigenvalue weighted by atomic mass is 16.5. The van der Waals surface area contributed by atoms with Crippen LogP contribution in [-0.2, 0) is 0 Å². The molecule has 0 N–H and O–H groups in total. The number of carbonyl (C=O) groups excluding carboxylic acids is 1. The largest absolute Gasteiger partial charge is 0.492 e. The molecule has 0 aliphatic carbocycles. The van der Waals surface area contributed by atoms with Gasteiger partial charge in [-0.15, -0.1) is 0 Å². The van der Waals surface area contributed by atoms with E-state index >= 15 is 0 Å². The van der Waals surface area contributed by atoms with Crippen LogP contribution >= 0.6 is 0 Å². The summed E-state index contributed by atoms with van der Waals surface area (Å²) < 4.78 is 6.08. The van der Waals surface area contributed by atoms with Gasteiger partial charge in [-0.1, -0.05) is 36.8 Å². The minimum atomic E-state index is 0.0225. The fourth-order valence-corrected chi connectivity index (χ4v) is 3.82. The molecule has 3 heteroatoms. The number of ketones is 1. The van der Waals surface area contributed by atoms with Crippen molar-refractivity contribution in [3.05, 3.63) is 70.3 Å². The smallest absolute Gasteiger partial charge is 0.185 e. The number of hydrogen-bond acceptors (Lipinski definition) is 3. The molecule has 28 heavy (non-hydrogen) atoms. The van der Waals surface area contributed by atoms with E-state index in [-0.39, 0.29) is 5.78 Å². The molecule has 148 valence electrons. The molecule has 1 heterocycles. The third-order valence-corrected chi connectivity index (χ3v) is 5.45. The first kappa shape index (κ1) is 20.3. The van der Waals surface area contributed by atoms with Crippen molar-refractivity contribution >= 4 is 11.9 Å². The van der Waals surface area contributed by atoms with Gasteiger partial charge in [-0.3, -0.25) is 9.69 Å². The molecule has 1 aliphatic heterocycles. The summed E-state index contributed by atoms with van der Waals surface area (Å²) in [5, 5.41) is 0. The summed E-state index contributed by atoms with van der Waals surface area (Å²) in [4.78, 5) is 15.1. The molecular weight excluding hydrogens is 346 g/mol. The van der Waals surface area contributed by atoms with Crippen molar-refractivity contribution in [2.24, 2.45) is 0 Å². The van der Waals surface area contributed by atoms with Crippen molar-refractivity contribution in [3.8, 4) is 5.75 Å². The maximum atomic E-state index is 12.6. The van der Waals surface area contributed by atoms with Gasteiger partial charge in [0, 0.05) is 12.1 Å². The maximum absolute atomic E-state index is 12.6. The number of carbonyl (C=O) groups is 1. The summed E-state index contributed by atoms with van der Waals surface area (Å²) in [5.41, 5.74) is 4.99. The van der Waals surface area contributed by atoms with E-state index in [2.05, 4.69) is 17.9 Å². The minimum Gasteiger partial charge on any atom is -0.492 e. The molecule has 2 aromatic rings. The zero-order valence-corrected chi connectivity index (χ0v) is 17.3. The Morgan fingerprint density at radius 3 is 2.36 bits per heavy atom. The lowest BCUT2D eigenvalue weighted by atomic mass is 10.0. The molecule has 0 spiro atoms. The van der Waals surface area contributed by atoms with E-state index in [9.17, 15) is 4.79 Å². The monoisotopic (exact) mass is 377 g/mol. The summed E-state index contributed by atoms with van der Waals surface area (Å²) in [5.74, 6) is 0.936. The second-order valence-electron chi connectivity index (χ2n) is 7.74. The van der Waals surface area contributed by atoms with Gasteiger partial charge >= 0.3 is 0 Å². The zero-order chi connectivity index (χ0) is 19.9. The van der Waals surface area contributed by atoms with Gasteiger partial charge in [0.15, 0.2) is 5.78 Å². The van der Waals surface area contributed by atoms with Gasteiger partial charge in [0.1, 0.15) is 12.4 Å². The fourth-order valence-electron chi connectivity index (χ4n) is 3.82. The molecule has 2 aromatic carbocycles. The van der Waals surface area contributed by atoms with Crippen LogP contribution < -0.4 is 4.74 Å². The van der Waals surface area contributed by atoms with Crippen LogP contribution in [0.15, 0.2) is 42.5 Å². The Labute approximate surface area is 169 Å². The van der Waals surface area contributed by atoms with E-state index in [1.165, 1.54) is 32.4 Å². The van der Waals surface area contributed by atoms with E-state index in [1.807, 2.05) is 50.3 Å². The van der Waals surface area contributed by atoms with Crippen molar-refractivity contribution < 1.29 is 9.53 Å². The molecule has 1 saturated heterocycles. The maximum Gasteiger partial charge on any atom is 0.185 e. The second-order valence-corrected chi connectivity index (χ2v) is 7.74. The molecule has 0 amide bonds. The van der Waals surface area contributed by atoms with Crippen molar-refractivity contribution in [2.75, 3.05) is 26.2 Å². The van der Waals surface area contributed by atoms with Gasteiger partial charge < -0.3 is 4.74 Å². The average Bonchev–Trinajstić information content (AvgIpc) is 2.70. The predicted molar refractivity (Wildman–Crippen MR) is 116 cm³/mol. The topological polar surface area (TPSA) is 29.5 Å². The number of ether oxygens (including phenoxy) is 1. The van der Waals surface area contributed by atoms with Gasteiger partial charge in [-0.05, 0) is 87.2 Å². The molecule has 0 atom stereocenters. The van der Waals surface area contributed by atoms with Crippen LogP contribution in [0.3, 0.4) is 0 Å². The lowest BCUT2D eigenvalue weighted by Gasteiger charge is -2.26. The normalized spacial score (nSPS) is 15.1. The van der Waals surface area contributed by atoms with Gasteiger partial charge in [-0.2, -0.15) is 0 Å². The van der Waals surface area contributed by atoms with Crippen LogP contribution in [-0.4, -0.2) is 36.9 Å². The molecule has 3 rings (SSSR count). The molecule has 0 radical (unpaired) electrons. The van der Waals surface area contributed by atoms with E-state index in [0.717, 1.165) is 34.5 Å². The van der Waals surface area contributed by atoms with Gasteiger partial charge in [0.2, 0.25) is 0 Å². The van der Waals surface area contributed by atoms with Crippen LogP contribution in [0.25, 0.3) is 6.08 Å². The molecule has 1 aliphatic rings. The third kappa shape index (κ3) is 5.32. The molecule has 0 bridgehead atoms. The van der Waals surface area contributed by atoms with E-state index in [1.54, 1.807) is 6.08 Å². The third-order valence-electron chi connectivity index (χ3n) is 5.45. The van der Waals surface area contributed by atoms with Crippen molar-refractivity contribution in [1.82, 2.24) is 4.90 Å². The standard InChI is InChI=1S/C25H31NO2/c1-19-9-5-6-10-22(19)11-12-24(27)23-17-20(2)25(21(3)18-23)28-16-15-26-13-7-4-8-14-26/h5-6,9-12,17-18H,4,7-8,13-16H2,1-3H3. The Balaban J connectivity index is 1.63. The van der Waals surface area contributed by atoms with E-state index < -0.39 is 0 Å². The Morgan fingerprint density at radius 1 is 1.00 bits per heavy atom. The summed E-state index contributed by atoms with van der Waals surface area (Å²) in [7, 11) is 0. The van der Waals surface area contributed by atoms with E-state index in [4.69, 9.17) is 4.74 Å². The highest BCUT2D eigenvalue weighted by molar-refractivity contribution is 6.07. The molecule has 0 aromatic heterocycles. The summed E-state index contributed by atoms with van der Waals surface area (Å²) >= 11 is 0. The van der Waals surface area contributed by atoms with Gasteiger partial charge in [-0.25, -0.2) is 0 Å². The number of nitrogens with zero attached hydrogens (tertiary/aromatic N) is 1. The lowest BCUT2D eigenvalue weighted by Crippen LogP contribution is -2.33. The number of hydrogen-bond donors (Lipinski definition) is 0. The first-order valence-electron chi connectivity index (χ1n) is 10.3. The van der Waals surface area contributed by atoms with Gasteiger partial charge in [0.05, 0.1) is 0 Å². The zero-order valence-electron chi connectivity index (χ0n) is 17.3. The fraction of sp³-hybridized carbons (Fsp3) is 0.400. The number of benzene rings is 2. The quantitative estimate of drug-likeness (QED) is 0.480. The SMILES string of the molecule is Cc1ccccc1C=CC(=O)c1cc(C)c(OCCN2CCCCC2)c(C)c1. The first-order chi connectivity index (χ1) is 13.5. The minimum absolute atomic E-state index is 0.0225. The van der Waals surface area contributed by atoms with Crippen molar-refractivity contribution in [3.63, 3.8) is 0 Å². The van der Waals surface area contributed by atoms with Crippen molar-refractivity contribution in [2.45, 2.75) is 40.0 Å². The number of piperidine rings is 1. The predicted octanol–water partition coefficient (Wildman–Crippen LogP) is 5.37. The molecule has 0 saturated carbocycles. The highest BCUT2D eigenvalue weighted by Gasteiger charge is 2.13. The first-order valence-corrected chi connectivity index (χ1v) is 10.3. The Bertz CT molecular complexity index is 824. The number of allylic oxidation sites excluding steroid dienone is 1.